The summed E-state index contributed by atoms with van der Waals surface area (Å²) in [5, 5.41) is 1.03. The van der Waals surface area contributed by atoms with Crippen molar-refractivity contribution >= 4 is 39.4 Å². The Morgan fingerprint density at radius 1 is 0.705 bits per heavy atom. The predicted octanol–water partition coefficient (Wildman–Crippen LogP) is 8.58. The second-order valence-corrected chi connectivity index (χ2v) is 12.7. The van der Waals surface area contributed by atoms with Crippen LogP contribution >= 0.6 is 0 Å². The molecule has 7 rings (SSSR count). The highest BCUT2D eigenvalue weighted by Gasteiger charge is 2.51. The Kier molecular flexibility index (Phi) is 7.76. The van der Waals surface area contributed by atoms with Crippen LogP contribution in [-0.2, 0) is 16.1 Å². The van der Waals surface area contributed by atoms with Crippen molar-refractivity contribution in [1.29, 1.82) is 0 Å². The molecule has 4 nitrogen and oxygen atoms in total. The lowest BCUT2D eigenvalue weighted by molar-refractivity contribution is -0.438. The topological polar surface area (TPSA) is 42.1 Å². The van der Waals surface area contributed by atoms with E-state index in [1.54, 1.807) is 0 Å². The molecule has 0 spiro atoms. The molecule has 4 heteroatoms. The number of nitrogens with zero attached hydrogens (tertiary/aromatic N) is 2. The molecule has 4 aliphatic rings. The van der Waals surface area contributed by atoms with Crippen LogP contribution in [0.5, 0.6) is 0 Å². The third-order valence-corrected chi connectivity index (χ3v) is 10.1. The molecular weight excluding hydrogens is 540 g/mol. The van der Waals surface area contributed by atoms with E-state index in [2.05, 4.69) is 102 Å². The summed E-state index contributed by atoms with van der Waals surface area (Å²) in [6.07, 6.45) is 24.3. The van der Waals surface area contributed by atoms with Gasteiger partial charge in [0.05, 0.1) is 16.7 Å². The zero-order chi connectivity index (χ0) is 30.2. The molecule has 0 unspecified atom stereocenters. The average molecular weight is 582 g/mol. The number of carbonyl (C=O) groups excluding carboxylic acids is 2. The van der Waals surface area contributed by atoms with Crippen LogP contribution in [0.4, 0.5) is 5.69 Å². The fourth-order valence-electron chi connectivity index (χ4n) is 7.75. The van der Waals surface area contributed by atoms with Crippen LogP contribution in [0.25, 0.3) is 16.5 Å². The van der Waals surface area contributed by atoms with Gasteiger partial charge in [-0.1, -0.05) is 85.4 Å². The molecule has 3 aromatic rings. The zero-order valence-electron chi connectivity index (χ0n) is 25.8. The summed E-state index contributed by atoms with van der Waals surface area (Å²) < 4.78 is 4.65. The number of aryl methyl sites for hydroxylation is 1. The van der Waals surface area contributed by atoms with Gasteiger partial charge < -0.3 is 4.57 Å². The van der Waals surface area contributed by atoms with Crippen LogP contribution in [0.3, 0.4) is 0 Å². The first kappa shape index (κ1) is 28.5. The molecule has 2 aromatic carbocycles. The highest BCUT2D eigenvalue weighted by molar-refractivity contribution is 6.50. The molecule has 44 heavy (non-hydrogen) atoms. The molecule has 0 atom stereocenters. The molecule has 1 saturated carbocycles. The van der Waals surface area contributed by atoms with Gasteiger partial charge in [0.1, 0.15) is 12.5 Å². The van der Waals surface area contributed by atoms with Crippen molar-refractivity contribution < 1.29 is 14.2 Å². The number of unbranched alkanes of at least 4 members (excludes halogenated alkanes) is 2. The van der Waals surface area contributed by atoms with E-state index >= 15 is 0 Å². The summed E-state index contributed by atoms with van der Waals surface area (Å²) in [4.78, 5) is 28.2. The van der Waals surface area contributed by atoms with Gasteiger partial charge in [0.25, 0.3) is 0 Å². The van der Waals surface area contributed by atoms with Crippen LogP contribution in [0.15, 0.2) is 103 Å². The number of carbonyl (C=O) groups is 2. The molecular formula is C40H41N2O2+. The van der Waals surface area contributed by atoms with Gasteiger partial charge in [-0.05, 0) is 62.1 Å². The van der Waals surface area contributed by atoms with Crippen LogP contribution < -0.4 is 0 Å². The lowest BCUT2D eigenvalue weighted by Gasteiger charge is -2.28. The molecule has 2 heterocycles. The number of ketones is 2. The van der Waals surface area contributed by atoms with Crippen LogP contribution in [-0.4, -0.2) is 33.0 Å². The first-order chi connectivity index (χ1) is 21.5. The molecule has 1 aliphatic heterocycles. The second-order valence-electron chi connectivity index (χ2n) is 12.7. The van der Waals surface area contributed by atoms with Crippen molar-refractivity contribution in [2.45, 2.75) is 64.8 Å². The normalized spacial score (nSPS) is 19.5. The third-order valence-electron chi connectivity index (χ3n) is 10.1. The lowest BCUT2D eigenvalue weighted by atomic mass is 9.69. The molecule has 3 aliphatic carbocycles. The first-order valence-electron chi connectivity index (χ1n) is 16.4. The average Bonchev–Trinajstić information content (AvgIpc) is 3.84. The number of Topliss-reactive ketones (excluding diaryl/α,β-unsaturated/α-hetero) is 2. The van der Waals surface area contributed by atoms with Gasteiger partial charge in [0, 0.05) is 42.6 Å². The molecule has 1 aromatic heterocycles. The summed E-state index contributed by atoms with van der Waals surface area (Å²) in [5.41, 5.74) is 7.42. The number of benzene rings is 2. The van der Waals surface area contributed by atoms with Crippen molar-refractivity contribution in [2.75, 3.05) is 6.54 Å². The summed E-state index contributed by atoms with van der Waals surface area (Å²) >= 11 is 0. The number of para-hydroxylation sites is 2. The number of hydrogen-bond donors (Lipinski definition) is 0. The van der Waals surface area contributed by atoms with Gasteiger partial charge in [0.2, 0.25) is 5.69 Å². The van der Waals surface area contributed by atoms with Gasteiger partial charge in [-0.15, -0.1) is 0 Å². The Morgan fingerprint density at radius 2 is 1.32 bits per heavy atom. The van der Waals surface area contributed by atoms with Crippen molar-refractivity contribution in [3.8, 4) is 0 Å². The van der Waals surface area contributed by atoms with E-state index in [0.29, 0.717) is 17.4 Å². The van der Waals surface area contributed by atoms with Crippen molar-refractivity contribution in [1.82, 2.24) is 4.57 Å². The predicted molar refractivity (Wildman–Crippen MR) is 180 cm³/mol. The number of aromatic nitrogens is 1. The summed E-state index contributed by atoms with van der Waals surface area (Å²) in [6, 6.07) is 16.5. The van der Waals surface area contributed by atoms with Crippen molar-refractivity contribution in [3.63, 3.8) is 0 Å². The summed E-state index contributed by atoms with van der Waals surface area (Å²) in [7, 11) is 0. The molecule has 0 saturated heterocycles. The van der Waals surface area contributed by atoms with E-state index in [1.165, 1.54) is 0 Å². The Bertz CT molecular complexity index is 1800. The van der Waals surface area contributed by atoms with Gasteiger partial charge in [-0.3, -0.25) is 9.59 Å². The Morgan fingerprint density at radius 3 is 2.02 bits per heavy atom. The largest absolute Gasteiger partial charge is 0.345 e. The fraction of sp³-hybridized carbons (Fsp3) is 0.325. The monoisotopic (exact) mass is 581 g/mol. The number of hydrogen-bond acceptors (Lipinski definition) is 2. The van der Waals surface area contributed by atoms with E-state index in [-0.39, 0.29) is 11.6 Å². The highest BCUT2D eigenvalue weighted by Crippen LogP contribution is 2.46. The molecule has 222 valence electrons. The van der Waals surface area contributed by atoms with Crippen LogP contribution in [0.2, 0.25) is 0 Å². The van der Waals surface area contributed by atoms with E-state index in [9.17, 15) is 9.59 Å². The SMILES string of the molecule is CC1=[N+](CCCCC2C=CC=C2)c2ccccc2C1=C1C(=O)C(c2c(C)n(CCCCC3C=CC=C3)c3ccccc23)C1=O. The minimum atomic E-state index is -0.723. The van der Waals surface area contributed by atoms with Crippen LogP contribution in [0.1, 0.15) is 68.2 Å². The smallest absolute Gasteiger partial charge is 0.213 e. The molecule has 0 bridgehead atoms. The summed E-state index contributed by atoms with van der Waals surface area (Å²) in [5.74, 6) is 0.303. The highest BCUT2D eigenvalue weighted by atomic mass is 16.2. The lowest BCUT2D eigenvalue weighted by Crippen LogP contribution is -2.40. The van der Waals surface area contributed by atoms with E-state index in [0.717, 1.165) is 96.3 Å². The van der Waals surface area contributed by atoms with E-state index in [1.807, 2.05) is 18.2 Å². The maximum atomic E-state index is 14.1. The quantitative estimate of drug-likeness (QED) is 0.0748. The Labute approximate surface area is 260 Å². The second kappa shape index (κ2) is 12.0. The number of fused-ring (bicyclic) bond motifs is 2. The Hall–Kier alpha value is -4.31. The minimum absolute atomic E-state index is 0.0355. The van der Waals surface area contributed by atoms with Crippen LogP contribution in [0, 0.1) is 18.8 Å². The van der Waals surface area contributed by atoms with Gasteiger partial charge in [-0.25, -0.2) is 0 Å². The van der Waals surface area contributed by atoms with Crippen molar-refractivity contribution in [2.24, 2.45) is 11.8 Å². The van der Waals surface area contributed by atoms with Crippen molar-refractivity contribution in [3.05, 3.63) is 120 Å². The zero-order valence-corrected chi connectivity index (χ0v) is 25.8. The molecule has 0 radical (unpaired) electrons. The molecule has 0 N–H and O–H groups in total. The fourth-order valence-corrected chi connectivity index (χ4v) is 7.75. The minimum Gasteiger partial charge on any atom is -0.345 e. The van der Waals surface area contributed by atoms with Gasteiger partial charge in [-0.2, -0.15) is 4.58 Å². The number of allylic oxidation sites excluding steroid dienone is 10. The maximum absolute atomic E-state index is 14.1. The van der Waals surface area contributed by atoms with Gasteiger partial charge in [0.15, 0.2) is 17.3 Å². The first-order valence-corrected chi connectivity index (χ1v) is 16.4. The molecule has 0 amide bonds. The molecule has 1 fully saturated rings. The van der Waals surface area contributed by atoms with Gasteiger partial charge >= 0.3 is 0 Å². The maximum Gasteiger partial charge on any atom is 0.213 e. The number of rotatable bonds is 11. The third kappa shape index (κ3) is 4.91. The van der Waals surface area contributed by atoms with E-state index < -0.39 is 5.92 Å². The standard InChI is InChI=1S/C40H41N2O2/c1-27-35(31-21-7-9-23-33(31)41(27)25-13-11-19-29-15-3-4-16-29)37-39(43)38(40(37)44)36-28(2)42(34-24-10-8-22-32(34)36)26-14-12-20-30-17-5-6-18-30/h3-10,15-18,21-24,29-30,37H,11-14,19-20,25-26H2,1-2H3/q+1. The van der Waals surface area contributed by atoms with E-state index in [4.69, 9.17) is 0 Å². The summed E-state index contributed by atoms with van der Waals surface area (Å²) in [6.45, 7) is 5.93. The Balaban J connectivity index is 1.15.